The van der Waals surface area contributed by atoms with Crippen LogP contribution in [-0.4, -0.2) is 22.2 Å². The molecule has 0 amide bonds. The highest BCUT2D eigenvalue weighted by molar-refractivity contribution is 8.03. The van der Waals surface area contributed by atoms with Crippen molar-refractivity contribution < 1.29 is 9.72 Å². The molecule has 0 radical (unpaired) electrons. The number of nitro groups is 1. The predicted molar refractivity (Wildman–Crippen MR) is 98.4 cm³/mol. The number of hydrogen-bond acceptors (Lipinski definition) is 6. The minimum Gasteiger partial charge on any atom is -0.299 e. The van der Waals surface area contributed by atoms with Gasteiger partial charge in [-0.25, -0.2) is 4.99 Å². The monoisotopic (exact) mass is 355 g/mol. The van der Waals surface area contributed by atoms with Gasteiger partial charge in [-0.3, -0.25) is 14.9 Å². The van der Waals surface area contributed by atoms with Crippen molar-refractivity contribution in [3.8, 4) is 6.07 Å². The number of hydrogen-bond donors (Lipinski definition) is 0. The van der Waals surface area contributed by atoms with Crippen molar-refractivity contribution in [1.29, 1.82) is 5.26 Å². The van der Waals surface area contributed by atoms with Crippen LogP contribution in [0.2, 0.25) is 0 Å². The van der Waals surface area contributed by atoms with Gasteiger partial charge < -0.3 is 0 Å². The molecule has 0 saturated heterocycles. The van der Waals surface area contributed by atoms with E-state index >= 15 is 0 Å². The second-order valence-corrected chi connectivity index (χ2v) is 6.61. The van der Waals surface area contributed by atoms with E-state index in [9.17, 15) is 20.2 Å². The molecule has 0 N–H and O–H groups in total. The Bertz CT molecular complexity index is 836. The molecule has 0 bridgehead atoms. The summed E-state index contributed by atoms with van der Waals surface area (Å²) in [5, 5.41) is 21.3. The van der Waals surface area contributed by atoms with E-state index in [1.54, 1.807) is 25.1 Å². The highest BCUT2D eigenvalue weighted by Gasteiger charge is 2.38. The fraction of sp³-hybridized carbons (Fsp3) is 0.278. The van der Waals surface area contributed by atoms with Crippen LogP contribution in [0.1, 0.15) is 25.3 Å². The molecule has 0 aromatic heterocycles. The summed E-state index contributed by atoms with van der Waals surface area (Å²) in [7, 11) is 0. The van der Waals surface area contributed by atoms with Crippen LogP contribution in [0.15, 0.2) is 52.5 Å². The van der Waals surface area contributed by atoms with Crippen LogP contribution in [0.3, 0.4) is 0 Å². The van der Waals surface area contributed by atoms with Crippen LogP contribution >= 0.6 is 11.8 Å². The van der Waals surface area contributed by atoms with Gasteiger partial charge in [-0.15, -0.1) is 18.3 Å². The van der Waals surface area contributed by atoms with E-state index in [-0.39, 0.29) is 11.5 Å². The second kappa shape index (κ2) is 7.90. The average Bonchev–Trinajstić information content (AvgIpc) is 2.58. The Balaban J connectivity index is 2.65. The van der Waals surface area contributed by atoms with Gasteiger partial charge in [0.25, 0.3) is 5.69 Å². The summed E-state index contributed by atoms with van der Waals surface area (Å²) in [6.45, 7) is 6.86. The Morgan fingerprint density at radius 3 is 2.84 bits per heavy atom. The molecule has 2 rings (SSSR count). The number of carbonyl (C=O) groups excluding carboxylic acids is 1. The molecule has 2 atom stereocenters. The maximum atomic E-state index is 12.2. The smallest absolute Gasteiger partial charge is 0.269 e. The Hall–Kier alpha value is -2.72. The van der Waals surface area contributed by atoms with Gasteiger partial charge in [-0.2, -0.15) is 5.26 Å². The van der Waals surface area contributed by atoms with E-state index in [0.717, 1.165) is 0 Å². The van der Waals surface area contributed by atoms with Crippen molar-refractivity contribution >= 4 is 28.9 Å². The van der Waals surface area contributed by atoms with Gasteiger partial charge in [0.05, 0.1) is 22.5 Å². The molecule has 1 aliphatic rings. The van der Waals surface area contributed by atoms with Crippen molar-refractivity contribution in [2.24, 2.45) is 10.9 Å². The van der Waals surface area contributed by atoms with Crippen LogP contribution in [0.5, 0.6) is 0 Å². The molecule has 0 fully saturated rings. The standard InChI is InChI=1S/C18H17N3O3S/c1-4-8-25-18-15(10-19)17(16(12(3)22)11(2)20-18)13-6-5-7-14(9-13)21(23)24/h4-7,9,16-17H,1,8H2,2-3H3/t16?,17-/m1/s1. The minimum absolute atomic E-state index is 0.0717. The predicted octanol–water partition coefficient (Wildman–Crippen LogP) is 4.01. The molecular formula is C18H17N3O3S. The van der Waals surface area contributed by atoms with Gasteiger partial charge in [0.15, 0.2) is 0 Å². The second-order valence-electron chi connectivity index (χ2n) is 5.60. The molecule has 7 heteroatoms. The molecule has 25 heavy (non-hydrogen) atoms. The number of ketones is 1. The number of nitrogens with zero attached hydrogens (tertiary/aromatic N) is 3. The lowest BCUT2D eigenvalue weighted by molar-refractivity contribution is -0.384. The van der Waals surface area contributed by atoms with Crippen molar-refractivity contribution in [1.82, 2.24) is 0 Å². The third-order valence-corrected chi connectivity index (χ3v) is 4.93. The Morgan fingerprint density at radius 2 is 2.28 bits per heavy atom. The van der Waals surface area contributed by atoms with Crippen molar-refractivity contribution in [2.45, 2.75) is 19.8 Å². The van der Waals surface area contributed by atoms with Gasteiger partial charge in [0.1, 0.15) is 10.8 Å². The molecule has 1 aliphatic heterocycles. The van der Waals surface area contributed by atoms with Gasteiger partial charge in [0.2, 0.25) is 0 Å². The van der Waals surface area contributed by atoms with E-state index in [0.29, 0.717) is 27.6 Å². The van der Waals surface area contributed by atoms with Crippen LogP contribution in [0.25, 0.3) is 0 Å². The normalized spacial score (nSPS) is 19.8. The third kappa shape index (κ3) is 3.86. The lowest BCUT2D eigenvalue weighted by atomic mass is 9.75. The van der Waals surface area contributed by atoms with Crippen LogP contribution < -0.4 is 0 Å². The van der Waals surface area contributed by atoms with Gasteiger partial charge in [0, 0.05) is 29.5 Å². The summed E-state index contributed by atoms with van der Waals surface area (Å²) in [6, 6.07) is 8.25. The average molecular weight is 355 g/mol. The highest BCUT2D eigenvalue weighted by Crippen LogP contribution is 2.42. The number of rotatable bonds is 6. The third-order valence-electron chi connectivity index (χ3n) is 3.94. The zero-order chi connectivity index (χ0) is 18.6. The largest absolute Gasteiger partial charge is 0.299 e. The Labute approximate surface area is 150 Å². The molecule has 6 nitrogen and oxygen atoms in total. The van der Waals surface area contributed by atoms with E-state index in [4.69, 9.17) is 0 Å². The molecule has 1 aromatic rings. The summed E-state index contributed by atoms with van der Waals surface area (Å²) in [4.78, 5) is 27.3. The Morgan fingerprint density at radius 1 is 1.56 bits per heavy atom. The first-order valence-electron chi connectivity index (χ1n) is 7.58. The van der Waals surface area contributed by atoms with Gasteiger partial charge in [-0.1, -0.05) is 18.2 Å². The maximum Gasteiger partial charge on any atom is 0.269 e. The molecule has 1 unspecified atom stereocenters. The van der Waals surface area contributed by atoms with Crippen LogP contribution in [-0.2, 0) is 4.79 Å². The van der Waals surface area contributed by atoms with E-state index in [1.807, 2.05) is 0 Å². The van der Waals surface area contributed by atoms with Crippen molar-refractivity contribution in [3.63, 3.8) is 0 Å². The molecule has 1 heterocycles. The quantitative estimate of drug-likeness (QED) is 0.436. The summed E-state index contributed by atoms with van der Waals surface area (Å²) < 4.78 is 0. The van der Waals surface area contributed by atoms with Crippen LogP contribution in [0, 0.1) is 27.4 Å². The fourth-order valence-electron chi connectivity index (χ4n) is 2.92. The summed E-state index contributed by atoms with van der Waals surface area (Å²) >= 11 is 1.36. The van der Waals surface area contributed by atoms with Crippen LogP contribution in [0.4, 0.5) is 5.69 Å². The minimum atomic E-state index is -0.607. The molecular weight excluding hydrogens is 338 g/mol. The molecule has 0 spiro atoms. The molecule has 0 saturated carbocycles. The first kappa shape index (κ1) is 18.6. The van der Waals surface area contributed by atoms with E-state index < -0.39 is 16.8 Å². The molecule has 1 aromatic carbocycles. The summed E-state index contributed by atoms with van der Waals surface area (Å²) in [6.07, 6.45) is 1.71. The fourth-order valence-corrected chi connectivity index (χ4v) is 3.73. The number of benzene rings is 1. The summed E-state index contributed by atoms with van der Waals surface area (Å²) in [5.74, 6) is -0.737. The lowest BCUT2D eigenvalue weighted by Gasteiger charge is -2.30. The SMILES string of the molecule is C=CCSC1=C(C#N)[C@@H](c2cccc([N+](=O)[O-])c2)C(C(C)=O)C(C)=N1. The number of thioether (sulfide) groups is 1. The van der Waals surface area contributed by atoms with Gasteiger partial charge in [-0.05, 0) is 19.4 Å². The number of allylic oxidation sites excluding steroid dienone is 1. The highest BCUT2D eigenvalue weighted by atomic mass is 32.2. The number of nitriles is 1. The zero-order valence-electron chi connectivity index (χ0n) is 13.9. The number of aliphatic imine (C=N–C) groups is 1. The topological polar surface area (TPSA) is 96.4 Å². The summed E-state index contributed by atoms with van der Waals surface area (Å²) in [5.41, 5.74) is 1.46. The lowest BCUT2D eigenvalue weighted by Crippen LogP contribution is -2.31. The molecule has 0 aliphatic carbocycles. The maximum absolute atomic E-state index is 12.2. The van der Waals surface area contributed by atoms with Crippen molar-refractivity contribution in [2.75, 3.05) is 5.75 Å². The number of non-ortho nitro benzene ring substituents is 1. The number of carbonyl (C=O) groups is 1. The zero-order valence-corrected chi connectivity index (χ0v) is 14.7. The van der Waals surface area contributed by atoms with E-state index in [1.165, 1.54) is 30.8 Å². The first-order valence-corrected chi connectivity index (χ1v) is 8.57. The Kier molecular flexibility index (Phi) is 5.88. The molecule has 128 valence electrons. The number of Topliss-reactive ketones (excluding diaryl/α,β-unsaturated/α-hetero) is 1. The first-order chi connectivity index (χ1) is 11.9. The van der Waals surface area contributed by atoms with Crippen molar-refractivity contribution in [3.05, 3.63) is 63.2 Å². The van der Waals surface area contributed by atoms with Gasteiger partial charge >= 0.3 is 0 Å². The number of nitro benzene ring substituents is 1. The van der Waals surface area contributed by atoms with E-state index in [2.05, 4.69) is 17.6 Å².